The number of aromatic nitrogens is 3. The Morgan fingerprint density at radius 1 is 1.17 bits per heavy atom. The van der Waals surface area contributed by atoms with Crippen molar-refractivity contribution >= 4 is 38.3 Å². The Balaban J connectivity index is 0.000000607. The van der Waals surface area contributed by atoms with Crippen LogP contribution in [0.2, 0.25) is 0 Å². The fourth-order valence-corrected chi connectivity index (χ4v) is 6.43. The molecule has 0 bridgehead atoms. The number of nitrogens with zero attached hydrogens (tertiary/aromatic N) is 3. The molecule has 0 amide bonds. The summed E-state index contributed by atoms with van der Waals surface area (Å²) in [7, 11) is -1.59. The van der Waals surface area contributed by atoms with E-state index in [-0.39, 0.29) is 39.9 Å². The number of thiazole rings is 1. The SMILES string of the molecule is CC(C)Cn1c2c(c(=O)n(C)c1=O)C(=S(=O)=O)C(Cc1ccccc1C(F)(F)F)S2.c1cscn1. The van der Waals surface area contributed by atoms with Gasteiger partial charge in [-0.2, -0.15) is 21.6 Å². The van der Waals surface area contributed by atoms with E-state index >= 15 is 0 Å². The maximum absolute atomic E-state index is 13.4. The molecule has 0 spiro atoms. The van der Waals surface area contributed by atoms with Crippen molar-refractivity contribution in [3.05, 3.63) is 78.9 Å². The zero-order valence-electron chi connectivity index (χ0n) is 18.9. The summed E-state index contributed by atoms with van der Waals surface area (Å²) in [5, 5.41) is 1.17. The van der Waals surface area contributed by atoms with Crippen LogP contribution in [0.4, 0.5) is 13.2 Å². The lowest BCUT2D eigenvalue weighted by molar-refractivity contribution is -0.138. The molecule has 0 saturated heterocycles. The van der Waals surface area contributed by atoms with Crippen molar-refractivity contribution in [3.8, 4) is 0 Å². The zero-order chi connectivity index (χ0) is 25.9. The lowest BCUT2D eigenvalue weighted by atomic mass is 10.00. The van der Waals surface area contributed by atoms with E-state index < -0.39 is 38.5 Å². The van der Waals surface area contributed by atoms with Crippen LogP contribution in [0.5, 0.6) is 0 Å². The molecular formula is C22H22F3N3O4S3. The summed E-state index contributed by atoms with van der Waals surface area (Å²) in [4.78, 5) is 28.8. The predicted molar refractivity (Wildman–Crippen MR) is 131 cm³/mol. The van der Waals surface area contributed by atoms with E-state index in [0.717, 1.165) is 22.4 Å². The molecule has 188 valence electrons. The standard InChI is InChI=1S/C19H19F3N2O4S2.C3H3NS/c1-10(2)9-24-17-14(16(25)23(3)18(24)26)15(30(27)28)13(29-17)8-11-6-4-5-7-12(11)19(20,21)22;1-2-5-3-4-1/h4-7,10,13H,8-9H2,1-3H3;1-3H. The van der Waals surface area contributed by atoms with Crippen molar-refractivity contribution in [2.75, 3.05) is 0 Å². The molecule has 1 atom stereocenters. The first kappa shape index (κ1) is 27.0. The Labute approximate surface area is 208 Å². The normalized spacial score (nSPS) is 15.1. The first-order valence-electron chi connectivity index (χ1n) is 10.4. The van der Waals surface area contributed by atoms with Crippen LogP contribution >= 0.6 is 23.1 Å². The van der Waals surface area contributed by atoms with Gasteiger partial charge in [0.15, 0.2) is 0 Å². The molecule has 1 unspecified atom stereocenters. The fraction of sp³-hybridized carbons (Fsp3) is 0.364. The number of halogens is 3. The lowest BCUT2D eigenvalue weighted by Gasteiger charge is -2.16. The number of hydrogen-bond donors (Lipinski definition) is 0. The molecule has 13 heteroatoms. The summed E-state index contributed by atoms with van der Waals surface area (Å²) in [5.41, 5.74) is -0.635. The quantitative estimate of drug-likeness (QED) is 0.368. The van der Waals surface area contributed by atoms with Crippen molar-refractivity contribution in [2.45, 2.75) is 43.3 Å². The smallest absolute Gasteiger partial charge is 0.287 e. The van der Waals surface area contributed by atoms with Crippen molar-refractivity contribution in [3.63, 3.8) is 0 Å². The number of rotatable bonds is 4. The van der Waals surface area contributed by atoms with E-state index in [2.05, 4.69) is 4.98 Å². The highest BCUT2D eigenvalue weighted by molar-refractivity contribution is 8.02. The summed E-state index contributed by atoms with van der Waals surface area (Å²) in [6, 6.07) is 4.93. The zero-order valence-corrected chi connectivity index (χ0v) is 21.4. The second-order valence-electron chi connectivity index (χ2n) is 8.07. The average molecular weight is 546 g/mol. The fourth-order valence-electron chi connectivity index (χ4n) is 3.63. The molecule has 0 fully saturated rings. The minimum Gasteiger partial charge on any atom is -0.287 e. The molecule has 1 aromatic carbocycles. The largest absolute Gasteiger partial charge is 0.416 e. The third-order valence-electron chi connectivity index (χ3n) is 5.09. The van der Waals surface area contributed by atoms with Crippen LogP contribution in [0.3, 0.4) is 0 Å². The van der Waals surface area contributed by atoms with Gasteiger partial charge in [-0.15, -0.1) is 11.3 Å². The van der Waals surface area contributed by atoms with Crippen LogP contribution in [0.1, 0.15) is 30.5 Å². The molecule has 35 heavy (non-hydrogen) atoms. The Hall–Kier alpha value is -2.64. The minimum absolute atomic E-state index is 0.0242. The van der Waals surface area contributed by atoms with Gasteiger partial charge in [0.25, 0.3) is 5.56 Å². The van der Waals surface area contributed by atoms with Crippen molar-refractivity contribution in [1.82, 2.24) is 14.1 Å². The molecule has 1 aliphatic heterocycles. The third kappa shape index (κ3) is 5.96. The van der Waals surface area contributed by atoms with Gasteiger partial charge in [-0.1, -0.05) is 43.8 Å². The van der Waals surface area contributed by atoms with Crippen molar-refractivity contribution in [1.29, 1.82) is 0 Å². The highest BCUT2D eigenvalue weighted by Gasteiger charge is 2.39. The Morgan fingerprint density at radius 3 is 2.37 bits per heavy atom. The van der Waals surface area contributed by atoms with Crippen LogP contribution < -0.4 is 11.2 Å². The number of thioether (sulfide) groups is 1. The third-order valence-corrected chi connectivity index (χ3v) is 7.94. The van der Waals surface area contributed by atoms with Gasteiger partial charge < -0.3 is 0 Å². The Bertz CT molecular complexity index is 1430. The van der Waals surface area contributed by atoms with E-state index in [9.17, 15) is 31.2 Å². The van der Waals surface area contributed by atoms with E-state index in [0.29, 0.717) is 0 Å². The number of fused-ring (bicyclic) bond motifs is 1. The molecule has 1 aliphatic rings. The van der Waals surface area contributed by atoms with Gasteiger partial charge in [-0.3, -0.25) is 18.9 Å². The number of hydrogen-bond acceptors (Lipinski definition) is 7. The van der Waals surface area contributed by atoms with Gasteiger partial charge in [0, 0.05) is 25.2 Å². The maximum Gasteiger partial charge on any atom is 0.416 e. The van der Waals surface area contributed by atoms with Gasteiger partial charge >= 0.3 is 11.9 Å². The highest BCUT2D eigenvalue weighted by atomic mass is 32.2. The molecule has 0 radical (unpaired) electrons. The predicted octanol–water partition coefficient (Wildman–Crippen LogP) is 3.48. The summed E-state index contributed by atoms with van der Waals surface area (Å²) < 4.78 is 66.4. The molecule has 3 heterocycles. The van der Waals surface area contributed by atoms with Gasteiger partial charge in [0.2, 0.25) is 10.3 Å². The summed E-state index contributed by atoms with van der Waals surface area (Å²) in [5.74, 6) is 0.0242. The van der Waals surface area contributed by atoms with Crippen LogP contribution in [-0.4, -0.2) is 32.7 Å². The number of benzene rings is 1. The second-order valence-corrected chi connectivity index (χ2v) is 10.9. The first-order chi connectivity index (χ1) is 16.4. The molecule has 2 aromatic heterocycles. The molecule has 0 saturated carbocycles. The molecule has 4 rings (SSSR count). The van der Waals surface area contributed by atoms with Crippen LogP contribution in [0, 0.1) is 5.92 Å². The minimum atomic E-state index is -4.60. The van der Waals surface area contributed by atoms with Crippen LogP contribution in [-0.2, 0) is 36.5 Å². The van der Waals surface area contributed by atoms with Crippen LogP contribution in [0.15, 0.2) is 56.0 Å². The molecule has 0 N–H and O–H groups in total. The van der Waals surface area contributed by atoms with Gasteiger partial charge in [-0.05, 0) is 24.0 Å². The van der Waals surface area contributed by atoms with Crippen LogP contribution in [0.25, 0.3) is 0 Å². The average Bonchev–Trinajstić information content (AvgIpc) is 3.47. The summed E-state index contributed by atoms with van der Waals surface area (Å²) in [6.07, 6.45) is -3.08. The topological polar surface area (TPSA) is 91.0 Å². The monoisotopic (exact) mass is 545 g/mol. The molecule has 3 aromatic rings. The molecular weight excluding hydrogens is 523 g/mol. The van der Waals surface area contributed by atoms with Gasteiger partial charge in [0.05, 0.1) is 26.9 Å². The van der Waals surface area contributed by atoms with E-state index in [1.54, 1.807) is 23.0 Å². The first-order valence-corrected chi connectivity index (χ1v) is 13.3. The highest BCUT2D eigenvalue weighted by Crippen LogP contribution is 2.39. The van der Waals surface area contributed by atoms with Gasteiger partial charge in [-0.25, -0.2) is 4.79 Å². The Kier molecular flexibility index (Phi) is 8.44. The van der Waals surface area contributed by atoms with Gasteiger partial charge in [0.1, 0.15) is 4.86 Å². The van der Waals surface area contributed by atoms with Crippen molar-refractivity contribution < 1.29 is 21.6 Å². The molecule has 7 nitrogen and oxygen atoms in total. The van der Waals surface area contributed by atoms with E-state index in [4.69, 9.17) is 0 Å². The van der Waals surface area contributed by atoms with E-state index in [1.807, 2.05) is 19.2 Å². The second kappa shape index (κ2) is 11.0. The van der Waals surface area contributed by atoms with Crippen molar-refractivity contribution in [2.24, 2.45) is 13.0 Å². The van der Waals surface area contributed by atoms with E-state index in [1.165, 1.54) is 29.8 Å². The summed E-state index contributed by atoms with van der Waals surface area (Å²) >= 11 is 2.55. The molecule has 0 aliphatic carbocycles. The Morgan fingerprint density at radius 2 is 1.86 bits per heavy atom. The summed E-state index contributed by atoms with van der Waals surface area (Å²) in [6.45, 7) is 3.96. The maximum atomic E-state index is 13.4. The number of alkyl halides is 3. The lowest BCUT2D eigenvalue weighted by Crippen LogP contribution is -2.42.